The maximum atomic E-state index is 5.83. The summed E-state index contributed by atoms with van der Waals surface area (Å²) in [5.41, 5.74) is 3.04. The van der Waals surface area contributed by atoms with Gasteiger partial charge >= 0.3 is 0 Å². The van der Waals surface area contributed by atoms with Crippen molar-refractivity contribution in [3.8, 4) is 0 Å². The number of halogens is 1. The lowest BCUT2D eigenvalue weighted by Crippen LogP contribution is -2.30. The normalized spacial score (nSPS) is 29.0. The van der Waals surface area contributed by atoms with E-state index in [1.807, 2.05) is 0 Å². The van der Waals surface area contributed by atoms with Crippen molar-refractivity contribution in [2.75, 3.05) is 6.54 Å². The zero-order valence-corrected chi connectivity index (χ0v) is 6.63. The fraction of sp³-hybridized carbons (Fsp3) is 0.714. The summed E-state index contributed by atoms with van der Waals surface area (Å²) in [6, 6.07) is 0. The summed E-state index contributed by atoms with van der Waals surface area (Å²) in [6.07, 6.45) is 0.993. The average molecular weight is 146 g/mol. The average Bonchev–Trinajstić information content (AvgIpc) is 1.80. The molecule has 1 atom stereocenters. The molecule has 0 fully saturated rings. The topological polar surface area (TPSA) is 12.0 Å². The molecule has 1 unspecified atom stereocenters. The second-order valence-corrected chi connectivity index (χ2v) is 3.14. The zero-order chi connectivity index (χ0) is 6.85. The molecule has 0 aliphatic carbocycles. The van der Waals surface area contributed by atoms with E-state index in [1.54, 1.807) is 0 Å². The monoisotopic (exact) mass is 145 g/mol. The van der Waals surface area contributed by atoms with Gasteiger partial charge in [0.15, 0.2) is 0 Å². The van der Waals surface area contributed by atoms with Crippen molar-refractivity contribution in [1.82, 2.24) is 5.32 Å². The molecule has 1 aliphatic heterocycles. The van der Waals surface area contributed by atoms with Crippen LogP contribution in [-0.2, 0) is 0 Å². The van der Waals surface area contributed by atoms with Crippen LogP contribution in [0.4, 0.5) is 0 Å². The maximum absolute atomic E-state index is 5.83. The van der Waals surface area contributed by atoms with Gasteiger partial charge in [-0.2, -0.15) is 0 Å². The van der Waals surface area contributed by atoms with Crippen molar-refractivity contribution in [3.63, 3.8) is 0 Å². The summed E-state index contributed by atoms with van der Waals surface area (Å²) >= 11 is 5.83. The summed E-state index contributed by atoms with van der Waals surface area (Å²) in [7, 11) is 0. The summed E-state index contributed by atoms with van der Waals surface area (Å²) in [5, 5.41) is 3.17. The highest BCUT2D eigenvalue weighted by Crippen LogP contribution is 2.16. The van der Waals surface area contributed by atoms with Gasteiger partial charge in [-0.15, -0.1) is 11.6 Å². The lowest BCUT2D eigenvalue weighted by molar-refractivity contribution is 0.627. The number of alkyl halides is 1. The van der Waals surface area contributed by atoms with E-state index in [1.165, 1.54) is 11.1 Å². The van der Waals surface area contributed by atoms with Crippen LogP contribution in [-0.4, -0.2) is 12.0 Å². The van der Waals surface area contributed by atoms with E-state index in [-0.39, 0.29) is 5.50 Å². The van der Waals surface area contributed by atoms with Crippen molar-refractivity contribution in [2.45, 2.75) is 25.8 Å². The van der Waals surface area contributed by atoms with Gasteiger partial charge < -0.3 is 0 Å². The Bertz CT molecular complexity index is 140. The van der Waals surface area contributed by atoms with E-state index >= 15 is 0 Å². The third-order valence-electron chi connectivity index (χ3n) is 1.80. The minimum Gasteiger partial charge on any atom is -0.297 e. The first-order valence-corrected chi connectivity index (χ1v) is 3.66. The summed E-state index contributed by atoms with van der Waals surface area (Å²) in [4.78, 5) is 0. The minimum atomic E-state index is 0.161. The Hall–Kier alpha value is -0.0100. The van der Waals surface area contributed by atoms with Crippen LogP contribution in [0.5, 0.6) is 0 Å². The summed E-state index contributed by atoms with van der Waals surface area (Å²) < 4.78 is 0. The predicted molar refractivity (Wildman–Crippen MR) is 40.6 cm³/mol. The third-order valence-corrected chi connectivity index (χ3v) is 2.11. The smallest absolute Gasteiger partial charge is 0.0865 e. The second-order valence-electron chi connectivity index (χ2n) is 2.61. The molecule has 1 aliphatic rings. The van der Waals surface area contributed by atoms with E-state index in [9.17, 15) is 0 Å². The first-order valence-electron chi connectivity index (χ1n) is 3.23. The zero-order valence-electron chi connectivity index (χ0n) is 5.87. The summed E-state index contributed by atoms with van der Waals surface area (Å²) in [5.74, 6) is 0. The second kappa shape index (κ2) is 2.72. The van der Waals surface area contributed by atoms with E-state index < -0.39 is 0 Å². The first kappa shape index (κ1) is 7.10. The third kappa shape index (κ3) is 1.70. The molecule has 0 aromatic rings. The highest BCUT2D eigenvalue weighted by molar-refractivity contribution is 6.20. The SMILES string of the molecule is CC1=C(C)CC(Cl)NC1. The fourth-order valence-corrected chi connectivity index (χ4v) is 1.24. The molecule has 0 saturated heterocycles. The molecule has 1 nitrogen and oxygen atoms in total. The molecule has 0 aromatic carbocycles. The van der Waals surface area contributed by atoms with Gasteiger partial charge in [-0.3, -0.25) is 5.32 Å². The highest BCUT2D eigenvalue weighted by Gasteiger charge is 2.11. The lowest BCUT2D eigenvalue weighted by atomic mass is 10.1. The molecule has 0 spiro atoms. The Morgan fingerprint density at radius 1 is 1.44 bits per heavy atom. The Labute approximate surface area is 61.1 Å². The van der Waals surface area contributed by atoms with Crippen LogP contribution in [0.3, 0.4) is 0 Å². The molecule has 9 heavy (non-hydrogen) atoms. The van der Waals surface area contributed by atoms with E-state index in [2.05, 4.69) is 19.2 Å². The van der Waals surface area contributed by atoms with Crippen LogP contribution < -0.4 is 5.32 Å². The van der Waals surface area contributed by atoms with E-state index in [0.717, 1.165) is 13.0 Å². The molecule has 0 radical (unpaired) electrons. The number of rotatable bonds is 0. The van der Waals surface area contributed by atoms with Crippen molar-refractivity contribution < 1.29 is 0 Å². The Morgan fingerprint density at radius 3 is 2.56 bits per heavy atom. The van der Waals surface area contributed by atoms with Gasteiger partial charge in [0.1, 0.15) is 0 Å². The Kier molecular flexibility index (Phi) is 2.14. The van der Waals surface area contributed by atoms with Crippen molar-refractivity contribution in [3.05, 3.63) is 11.1 Å². The lowest BCUT2D eigenvalue weighted by Gasteiger charge is -2.20. The van der Waals surface area contributed by atoms with Crippen LogP contribution in [0.25, 0.3) is 0 Å². The van der Waals surface area contributed by atoms with Crippen LogP contribution >= 0.6 is 11.6 Å². The molecular weight excluding hydrogens is 134 g/mol. The van der Waals surface area contributed by atoms with Crippen molar-refractivity contribution in [1.29, 1.82) is 0 Å². The van der Waals surface area contributed by atoms with E-state index in [4.69, 9.17) is 11.6 Å². The number of hydrogen-bond donors (Lipinski definition) is 1. The Balaban J connectivity index is 2.61. The standard InChI is InChI=1S/C7H12ClN/c1-5-3-7(8)9-4-6(5)2/h7,9H,3-4H2,1-2H3. The maximum Gasteiger partial charge on any atom is 0.0865 e. The van der Waals surface area contributed by atoms with Crippen molar-refractivity contribution in [2.24, 2.45) is 0 Å². The highest BCUT2D eigenvalue weighted by atomic mass is 35.5. The molecule has 1 N–H and O–H groups in total. The van der Waals surface area contributed by atoms with Gasteiger partial charge in [0, 0.05) is 6.54 Å². The fourth-order valence-electron chi connectivity index (χ4n) is 0.930. The minimum absolute atomic E-state index is 0.161. The molecule has 2 heteroatoms. The van der Waals surface area contributed by atoms with Crippen LogP contribution in [0.2, 0.25) is 0 Å². The van der Waals surface area contributed by atoms with Crippen molar-refractivity contribution >= 4 is 11.6 Å². The molecular formula is C7H12ClN. The number of hydrogen-bond acceptors (Lipinski definition) is 1. The van der Waals surface area contributed by atoms with Gasteiger partial charge in [0.2, 0.25) is 0 Å². The molecule has 52 valence electrons. The molecule has 0 bridgehead atoms. The molecule has 0 aromatic heterocycles. The van der Waals surface area contributed by atoms with Crippen LogP contribution in [0.15, 0.2) is 11.1 Å². The molecule has 1 heterocycles. The van der Waals surface area contributed by atoms with Crippen LogP contribution in [0, 0.1) is 0 Å². The van der Waals surface area contributed by atoms with E-state index in [0.29, 0.717) is 0 Å². The van der Waals surface area contributed by atoms with Gasteiger partial charge in [-0.1, -0.05) is 11.1 Å². The Morgan fingerprint density at radius 2 is 2.11 bits per heavy atom. The van der Waals surface area contributed by atoms with Gasteiger partial charge in [-0.25, -0.2) is 0 Å². The van der Waals surface area contributed by atoms with Gasteiger partial charge in [-0.05, 0) is 20.3 Å². The first-order chi connectivity index (χ1) is 4.20. The van der Waals surface area contributed by atoms with Gasteiger partial charge in [0.25, 0.3) is 0 Å². The largest absolute Gasteiger partial charge is 0.297 e. The molecule has 1 rings (SSSR count). The van der Waals surface area contributed by atoms with Gasteiger partial charge in [0.05, 0.1) is 5.50 Å². The van der Waals surface area contributed by atoms with Crippen LogP contribution in [0.1, 0.15) is 20.3 Å². The molecule has 0 amide bonds. The quantitative estimate of drug-likeness (QED) is 0.312. The predicted octanol–water partition coefficient (Wildman–Crippen LogP) is 1.88. The summed E-state index contributed by atoms with van der Waals surface area (Å²) in [6.45, 7) is 5.25. The number of nitrogens with one attached hydrogen (secondary N) is 1. The molecule has 0 saturated carbocycles.